The van der Waals surface area contributed by atoms with E-state index in [2.05, 4.69) is 40.2 Å². The fourth-order valence-electron chi connectivity index (χ4n) is 2.84. The molecule has 1 saturated heterocycles. The number of aryl methyl sites for hydroxylation is 1. The number of rotatable bonds is 5. The molecule has 1 fully saturated rings. The van der Waals surface area contributed by atoms with Crippen LogP contribution in [0.2, 0.25) is 0 Å². The van der Waals surface area contributed by atoms with Gasteiger partial charge < -0.3 is 5.32 Å². The summed E-state index contributed by atoms with van der Waals surface area (Å²) in [4.78, 5) is 13.0. The molecule has 1 aliphatic rings. The first-order valence-electron chi connectivity index (χ1n) is 7.11. The van der Waals surface area contributed by atoms with Gasteiger partial charge in [0.25, 0.3) is 0 Å². The first kappa shape index (κ1) is 14.7. The Morgan fingerprint density at radius 2 is 2.37 bits per heavy atom. The molecule has 0 aromatic carbocycles. The second kappa shape index (κ2) is 6.18. The van der Waals surface area contributed by atoms with Crippen LogP contribution in [0.3, 0.4) is 0 Å². The fraction of sp³-hybridized carbons (Fsp3) is 0.714. The van der Waals surface area contributed by atoms with E-state index in [4.69, 9.17) is 0 Å². The molecule has 5 heteroatoms. The van der Waals surface area contributed by atoms with Crippen molar-refractivity contribution < 1.29 is 4.79 Å². The van der Waals surface area contributed by atoms with Crippen molar-refractivity contribution in [3.8, 4) is 0 Å². The van der Waals surface area contributed by atoms with E-state index in [1.165, 1.54) is 0 Å². The lowest BCUT2D eigenvalue weighted by molar-refractivity contribution is 0.0717. The summed E-state index contributed by atoms with van der Waals surface area (Å²) in [6, 6.07) is 0. The van der Waals surface area contributed by atoms with Gasteiger partial charge in [0.15, 0.2) is 5.78 Å². The summed E-state index contributed by atoms with van der Waals surface area (Å²) in [6.07, 6.45) is 5.63. The summed E-state index contributed by atoms with van der Waals surface area (Å²) in [5.41, 5.74) is 0.485. The summed E-state index contributed by atoms with van der Waals surface area (Å²) in [7, 11) is 0. The minimum Gasteiger partial charge on any atom is -0.316 e. The maximum Gasteiger partial charge on any atom is 0.189 e. The van der Waals surface area contributed by atoms with E-state index < -0.39 is 0 Å². The van der Waals surface area contributed by atoms with Crippen molar-refractivity contribution in [3.05, 3.63) is 16.4 Å². The molecule has 1 atom stereocenters. The van der Waals surface area contributed by atoms with Crippen molar-refractivity contribution >= 4 is 21.7 Å². The molecule has 1 unspecified atom stereocenters. The molecule has 1 aromatic rings. The van der Waals surface area contributed by atoms with Gasteiger partial charge in [-0.3, -0.25) is 9.48 Å². The van der Waals surface area contributed by atoms with Gasteiger partial charge in [0.1, 0.15) is 5.69 Å². The summed E-state index contributed by atoms with van der Waals surface area (Å²) in [6.45, 7) is 6.80. The first-order chi connectivity index (χ1) is 9.14. The SMILES string of the molecule is CCCn1ncc(Br)c1C(=O)C1(CC)CCCNC1. The summed E-state index contributed by atoms with van der Waals surface area (Å²) >= 11 is 3.48. The minimum absolute atomic E-state index is 0.236. The Morgan fingerprint density at radius 1 is 1.58 bits per heavy atom. The highest BCUT2D eigenvalue weighted by atomic mass is 79.9. The molecular formula is C14H22BrN3O. The van der Waals surface area contributed by atoms with Gasteiger partial charge in [0, 0.05) is 18.5 Å². The molecule has 0 spiro atoms. The summed E-state index contributed by atoms with van der Waals surface area (Å²) in [5, 5.41) is 7.69. The molecule has 4 nitrogen and oxygen atoms in total. The number of nitrogens with one attached hydrogen (secondary N) is 1. The van der Waals surface area contributed by atoms with Gasteiger partial charge in [0.2, 0.25) is 0 Å². The summed E-state index contributed by atoms with van der Waals surface area (Å²) < 4.78 is 2.67. The Morgan fingerprint density at radius 3 is 2.95 bits per heavy atom. The van der Waals surface area contributed by atoms with Gasteiger partial charge in [-0.1, -0.05) is 13.8 Å². The number of hydrogen-bond acceptors (Lipinski definition) is 3. The molecule has 0 aliphatic carbocycles. The molecule has 0 bridgehead atoms. The number of Topliss-reactive ketones (excluding diaryl/α,β-unsaturated/α-hetero) is 1. The van der Waals surface area contributed by atoms with E-state index >= 15 is 0 Å². The average Bonchev–Trinajstić information content (AvgIpc) is 2.80. The van der Waals surface area contributed by atoms with Gasteiger partial charge in [0.05, 0.1) is 10.7 Å². The van der Waals surface area contributed by atoms with Crippen LogP contribution in [0.1, 0.15) is 50.0 Å². The maximum absolute atomic E-state index is 13.0. The largest absolute Gasteiger partial charge is 0.316 e. The maximum atomic E-state index is 13.0. The topological polar surface area (TPSA) is 46.9 Å². The number of piperidine rings is 1. The van der Waals surface area contributed by atoms with Crippen LogP contribution in [0.15, 0.2) is 10.7 Å². The lowest BCUT2D eigenvalue weighted by Crippen LogP contribution is -2.45. The normalized spacial score (nSPS) is 23.5. The van der Waals surface area contributed by atoms with Gasteiger partial charge in [-0.2, -0.15) is 5.10 Å². The van der Waals surface area contributed by atoms with Crippen LogP contribution < -0.4 is 5.32 Å². The average molecular weight is 328 g/mol. The number of carbonyl (C=O) groups is 1. The van der Waals surface area contributed by atoms with Crippen LogP contribution in [0.25, 0.3) is 0 Å². The summed E-state index contributed by atoms with van der Waals surface area (Å²) in [5.74, 6) is 0.236. The molecule has 2 heterocycles. The van der Waals surface area contributed by atoms with E-state index in [0.717, 1.165) is 55.5 Å². The predicted octanol–water partition coefficient (Wildman–Crippen LogP) is 3.02. The van der Waals surface area contributed by atoms with Crippen molar-refractivity contribution in [1.29, 1.82) is 0 Å². The van der Waals surface area contributed by atoms with Crippen LogP contribution in [0, 0.1) is 5.41 Å². The number of ketones is 1. The monoisotopic (exact) mass is 327 g/mol. The van der Waals surface area contributed by atoms with E-state index in [1.807, 2.05) is 4.68 Å². The van der Waals surface area contributed by atoms with Crippen molar-refractivity contribution in [3.63, 3.8) is 0 Å². The molecule has 1 N–H and O–H groups in total. The van der Waals surface area contributed by atoms with Gasteiger partial charge >= 0.3 is 0 Å². The van der Waals surface area contributed by atoms with Gasteiger partial charge in [-0.15, -0.1) is 0 Å². The van der Waals surface area contributed by atoms with Crippen LogP contribution in [-0.2, 0) is 6.54 Å². The fourth-order valence-corrected chi connectivity index (χ4v) is 3.32. The number of carbonyl (C=O) groups excluding carboxylic acids is 1. The zero-order chi connectivity index (χ0) is 13.9. The third kappa shape index (κ3) is 2.77. The Bertz CT molecular complexity index is 450. The number of nitrogens with zero attached hydrogens (tertiary/aromatic N) is 2. The molecule has 1 aliphatic heterocycles. The van der Waals surface area contributed by atoms with Crippen LogP contribution in [0.4, 0.5) is 0 Å². The molecule has 106 valence electrons. The highest BCUT2D eigenvalue weighted by molar-refractivity contribution is 9.10. The van der Waals surface area contributed by atoms with Crippen molar-refractivity contribution in [1.82, 2.24) is 15.1 Å². The zero-order valence-electron chi connectivity index (χ0n) is 11.7. The minimum atomic E-state index is -0.258. The Hall–Kier alpha value is -0.680. The zero-order valence-corrected chi connectivity index (χ0v) is 13.3. The lowest BCUT2D eigenvalue weighted by atomic mass is 9.74. The molecule has 2 rings (SSSR count). The first-order valence-corrected chi connectivity index (χ1v) is 7.90. The van der Waals surface area contributed by atoms with Crippen LogP contribution >= 0.6 is 15.9 Å². The quantitative estimate of drug-likeness (QED) is 0.845. The van der Waals surface area contributed by atoms with E-state index in [0.29, 0.717) is 0 Å². The van der Waals surface area contributed by atoms with Crippen molar-refractivity contribution in [2.45, 2.75) is 46.1 Å². The molecule has 19 heavy (non-hydrogen) atoms. The Balaban J connectivity index is 2.34. The third-order valence-electron chi connectivity index (χ3n) is 4.08. The Kier molecular flexibility index (Phi) is 4.79. The van der Waals surface area contributed by atoms with Gasteiger partial charge in [-0.05, 0) is 48.2 Å². The van der Waals surface area contributed by atoms with E-state index in [9.17, 15) is 4.79 Å². The molecule has 0 amide bonds. The lowest BCUT2D eigenvalue weighted by Gasteiger charge is -2.35. The predicted molar refractivity (Wildman–Crippen MR) is 79.4 cm³/mol. The Labute approximate surface area is 123 Å². The second-order valence-corrected chi connectivity index (χ2v) is 6.16. The van der Waals surface area contributed by atoms with E-state index in [1.54, 1.807) is 6.20 Å². The van der Waals surface area contributed by atoms with Crippen LogP contribution in [0.5, 0.6) is 0 Å². The molecular weight excluding hydrogens is 306 g/mol. The molecule has 1 aromatic heterocycles. The van der Waals surface area contributed by atoms with Gasteiger partial charge in [-0.25, -0.2) is 0 Å². The smallest absolute Gasteiger partial charge is 0.189 e. The standard InChI is InChI=1S/C14H22BrN3O/c1-3-8-18-12(11(15)9-17-18)13(19)14(4-2)6-5-7-16-10-14/h9,16H,3-8,10H2,1-2H3. The molecule has 0 radical (unpaired) electrons. The number of halogens is 1. The van der Waals surface area contributed by atoms with Crippen LogP contribution in [-0.4, -0.2) is 28.7 Å². The number of aromatic nitrogens is 2. The van der Waals surface area contributed by atoms with Crippen molar-refractivity contribution in [2.75, 3.05) is 13.1 Å². The van der Waals surface area contributed by atoms with E-state index in [-0.39, 0.29) is 11.2 Å². The highest BCUT2D eigenvalue weighted by Crippen LogP contribution is 2.35. The third-order valence-corrected chi connectivity index (χ3v) is 4.66. The molecule has 0 saturated carbocycles. The highest BCUT2D eigenvalue weighted by Gasteiger charge is 2.40. The number of hydrogen-bond donors (Lipinski definition) is 1. The van der Waals surface area contributed by atoms with Crippen molar-refractivity contribution in [2.24, 2.45) is 5.41 Å². The second-order valence-electron chi connectivity index (χ2n) is 5.31.